The van der Waals surface area contributed by atoms with Gasteiger partial charge in [-0.15, -0.1) is 0 Å². The molecule has 1 aromatic heterocycles. The van der Waals surface area contributed by atoms with Crippen molar-refractivity contribution in [2.24, 2.45) is 5.92 Å². The monoisotopic (exact) mass is 319 g/mol. The lowest BCUT2D eigenvalue weighted by Gasteiger charge is -2.25. The molecule has 1 saturated heterocycles. The van der Waals surface area contributed by atoms with Gasteiger partial charge in [0.05, 0.1) is 18.3 Å². The van der Waals surface area contributed by atoms with Gasteiger partial charge < -0.3 is 4.90 Å². The van der Waals surface area contributed by atoms with Crippen LogP contribution in [0.15, 0.2) is 10.9 Å². The summed E-state index contributed by atoms with van der Waals surface area (Å²) in [7, 11) is 0. The highest BCUT2D eigenvalue weighted by molar-refractivity contribution is 7.98. The minimum absolute atomic E-state index is 0.0213. The van der Waals surface area contributed by atoms with Crippen LogP contribution in [0.5, 0.6) is 0 Å². The highest BCUT2D eigenvalue weighted by Gasteiger charge is 2.38. The number of hydrogen-bond donors (Lipinski definition) is 0. The standard InChI is InChI=1S/C16H21N3O2S/c20-15-8-12-10-22-7-5-14(12)17-19(15)9-13-2-1-6-18(13)16(21)11-3-4-11/h8,11,13H,1-7,9-10H2. The van der Waals surface area contributed by atoms with Crippen molar-refractivity contribution in [1.29, 1.82) is 0 Å². The molecule has 1 amide bonds. The number of thioether (sulfide) groups is 1. The number of fused-ring (bicyclic) bond motifs is 1. The molecule has 3 aliphatic rings. The van der Waals surface area contributed by atoms with Crippen molar-refractivity contribution in [3.05, 3.63) is 27.7 Å². The predicted octanol–water partition coefficient (Wildman–Crippen LogP) is 1.43. The molecule has 6 heteroatoms. The van der Waals surface area contributed by atoms with Crippen molar-refractivity contribution < 1.29 is 4.79 Å². The van der Waals surface area contributed by atoms with Gasteiger partial charge in [-0.25, -0.2) is 4.68 Å². The maximum absolute atomic E-state index is 12.3. The van der Waals surface area contributed by atoms with Crippen LogP contribution >= 0.6 is 11.8 Å². The van der Waals surface area contributed by atoms with Crippen molar-refractivity contribution in [2.75, 3.05) is 12.3 Å². The van der Waals surface area contributed by atoms with Gasteiger partial charge in [-0.3, -0.25) is 9.59 Å². The second-order valence-corrected chi connectivity index (χ2v) is 7.65. The van der Waals surface area contributed by atoms with E-state index in [0.29, 0.717) is 12.5 Å². The second-order valence-electron chi connectivity index (χ2n) is 6.54. The first kappa shape index (κ1) is 14.3. The lowest BCUT2D eigenvalue weighted by molar-refractivity contribution is -0.133. The van der Waals surface area contributed by atoms with E-state index in [2.05, 4.69) is 5.10 Å². The van der Waals surface area contributed by atoms with Gasteiger partial charge in [0, 0.05) is 30.7 Å². The largest absolute Gasteiger partial charge is 0.338 e. The maximum Gasteiger partial charge on any atom is 0.267 e. The molecule has 2 aliphatic heterocycles. The van der Waals surface area contributed by atoms with Gasteiger partial charge in [0.15, 0.2) is 0 Å². The molecule has 22 heavy (non-hydrogen) atoms. The molecule has 2 fully saturated rings. The number of carbonyl (C=O) groups is 1. The Morgan fingerprint density at radius 1 is 1.36 bits per heavy atom. The Morgan fingerprint density at radius 3 is 3.05 bits per heavy atom. The average molecular weight is 319 g/mol. The number of rotatable bonds is 3. The van der Waals surface area contributed by atoms with E-state index in [-0.39, 0.29) is 17.5 Å². The fraction of sp³-hybridized carbons (Fsp3) is 0.688. The molecule has 1 unspecified atom stereocenters. The highest BCUT2D eigenvalue weighted by Crippen LogP contribution is 2.33. The summed E-state index contributed by atoms with van der Waals surface area (Å²) in [5.74, 6) is 2.53. The fourth-order valence-electron chi connectivity index (χ4n) is 3.46. The summed E-state index contributed by atoms with van der Waals surface area (Å²) in [5, 5.41) is 4.58. The topological polar surface area (TPSA) is 55.2 Å². The average Bonchev–Trinajstić information content (AvgIpc) is 3.27. The van der Waals surface area contributed by atoms with Crippen molar-refractivity contribution in [3.63, 3.8) is 0 Å². The quantitative estimate of drug-likeness (QED) is 0.846. The van der Waals surface area contributed by atoms with Crippen molar-refractivity contribution in [2.45, 2.75) is 50.4 Å². The molecule has 3 heterocycles. The molecule has 118 valence electrons. The Labute approximate surface area is 134 Å². The van der Waals surface area contributed by atoms with Crippen LogP contribution in [0, 0.1) is 5.92 Å². The lowest BCUT2D eigenvalue weighted by Crippen LogP contribution is -2.41. The number of amides is 1. The van der Waals surface area contributed by atoms with Crippen LogP contribution in [0.3, 0.4) is 0 Å². The summed E-state index contributed by atoms with van der Waals surface area (Å²) in [5.41, 5.74) is 2.14. The molecular formula is C16H21N3O2S. The number of aryl methyl sites for hydroxylation is 1. The van der Waals surface area contributed by atoms with Gasteiger partial charge in [0.2, 0.25) is 5.91 Å². The van der Waals surface area contributed by atoms with Crippen LogP contribution in [-0.4, -0.2) is 38.9 Å². The highest BCUT2D eigenvalue weighted by atomic mass is 32.2. The SMILES string of the molecule is O=C(C1CC1)N1CCCC1Cn1nc2c(cc1=O)CSCC2. The lowest BCUT2D eigenvalue weighted by atomic mass is 10.2. The second kappa shape index (κ2) is 5.72. The molecular weight excluding hydrogens is 298 g/mol. The van der Waals surface area contributed by atoms with E-state index >= 15 is 0 Å². The zero-order valence-corrected chi connectivity index (χ0v) is 13.5. The molecule has 1 aliphatic carbocycles. The molecule has 4 rings (SSSR count). The molecule has 0 aromatic carbocycles. The van der Waals surface area contributed by atoms with Crippen LogP contribution in [-0.2, 0) is 23.5 Å². The summed E-state index contributed by atoms with van der Waals surface area (Å²) < 4.78 is 1.60. The first-order chi connectivity index (χ1) is 10.7. The van der Waals surface area contributed by atoms with Gasteiger partial charge in [0.1, 0.15) is 0 Å². The normalized spacial score (nSPS) is 24.4. The predicted molar refractivity (Wildman–Crippen MR) is 85.8 cm³/mol. The van der Waals surface area contributed by atoms with Crippen LogP contribution in [0.25, 0.3) is 0 Å². The number of likely N-dealkylation sites (tertiary alicyclic amines) is 1. The van der Waals surface area contributed by atoms with Gasteiger partial charge in [-0.1, -0.05) is 0 Å². The molecule has 1 saturated carbocycles. The number of aromatic nitrogens is 2. The van der Waals surface area contributed by atoms with Gasteiger partial charge in [0.25, 0.3) is 5.56 Å². The van der Waals surface area contributed by atoms with E-state index in [1.165, 1.54) is 0 Å². The van der Waals surface area contributed by atoms with Crippen LogP contribution < -0.4 is 5.56 Å². The zero-order valence-electron chi connectivity index (χ0n) is 12.7. The fourth-order valence-corrected chi connectivity index (χ4v) is 4.42. The zero-order chi connectivity index (χ0) is 15.1. The summed E-state index contributed by atoms with van der Waals surface area (Å²) in [6, 6.07) is 1.89. The Hall–Kier alpha value is -1.30. The minimum Gasteiger partial charge on any atom is -0.338 e. The van der Waals surface area contributed by atoms with E-state index in [1.54, 1.807) is 10.7 Å². The van der Waals surface area contributed by atoms with E-state index in [4.69, 9.17) is 0 Å². The molecule has 1 aromatic rings. The third-order valence-corrected chi connectivity index (χ3v) is 5.88. The summed E-state index contributed by atoms with van der Waals surface area (Å²) >= 11 is 1.86. The van der Waals surface area contributed by atoms with Gasteiger partial charge >= 0.3 is 0 Å². The number of nitrogens with zero attached hydrogens (tertiary/aromatic N) is 3. The summed E-state index contributed by atoms with van der Waals surface area (Å²) in [6.45, 7) is 1.40. The Kier molecular flexibility index (Phi) is 3.72. The Balaban J connectivity index is 1.55. The molecule has 1 atom stereocenters. The molecule has 0 bridgehead atoms. The van der Waals surface area contributed by atoms with Crippen LogP contribution in [0.2, 0.25) is 0 Å². The number of hydrogen-bond acceptors (Lipinski definition) is 4. The van der Waals surface area contributed by atoms with E-state index in [0.717, 1.165) is 61.4 Å². The van der Waals surface area contributed by atoms with Crippen molar-refractivity contribution in [1.82, 2.24) is 14.7 Å². The van der Waals surface area contributed by atoms with Gasteiger partial charge in [-0.2, -0.15) is 16.9 Å². The smallest absolute Gasteiger partial charge is 0.267 e. The molecule has 0 N–H and O–H groups in total. The summed E-state index contributed by atoms with van der Waals surface area (Å²) in [4.78, 5) is 26.6. The molecule has 0 radical (unpaired) electrons. The van der Waals surface area contributed by atoms with Crippen molar-refractivity contribution in [3.8, 4) is 0 Å². The van der Waals surface area contributed by atoms with Crippen LogP contribution in [0.4, 0.5) is 0 Å². The molecule has 5 nitrogen and oxygen atoms in total. The molecule has 0 spiro atoms. The minimum atomic E-state index is -0.0213. The van der Waals surface area contributed by atoms with Crippen LogP contribution in [0.1, 0.15) is 36.9 Å². The third-order valence-electron chi connectivity index (χ3n) is 4.88. The third kappa shape index (κ3) is 2.69. The van der Waals surface area contributed by atoms with E-state index in [9.17, 15) is 9.59 Å². The van der Waals surface area contributed by atoms with Gasteiger partial charge in [-0.05, 0) is 37.0 Å². The first-order valence-corrected chi connectivity index (χ1v) is 9.36. The Morgan fingerprint density at radius 2 is 2.23 bits per heavy atom. The van der Waals surface area contributed by atoms with E-state index < -0.39 is 0 Å². The summed E-state index contributed by atoms with van der Waals surface area (Å²) in [6.07, 6.45) is 5.04. The number of carbonyl (C=O) groups excluding carboxylic acids is 1. The van der Waals surface area contributed by atoms with E-state index in [1.807, 2.05) is 16.7 Å². The van der Waals surface area contributed by atoms with Crippen molar-refractivity contribution >= 4 is 17.7 Å². The Bertz CT molecular complexity index is 653. The maximum atomic E-state index is 12.3. The first-order valence-electron chi connectivity index (χ1n) is 8.20.